The number of nitrogens with zero attached hydrogens (tertiary/aromatic N) is 1. The van der Waals surface area contributed by atoms with E-state index in [0.717, 1.165) is 12.8 Å². The average molecular weight is 255 g/mol. The molecule has 1 unspecified atom stereocenters. The SMILES string of the molecule is CN(CCCCCO)CC(C(=N)N)C(F)(F)F. The van der Waals surface area contributed by atoms with Gasteiger partial charge in [0.2, 0.25) is 0 Å². The number of aliphatic hydroxyl groups excluding tert-OH is 1. The Labute approximate surface area is 99.1 Å². The molecule has 17 heavy (non-hydrogen) atoms. The molecule has 1 atom stereocenters. The lowest BCUT2D eigenvalue weighted by Gasteiger charge is -2.25. The predicted molar refractivity (Wildman–Crippen MR) is 59.9 cm³/mol. The molecule has 4 N–H and O–H groups in total. The van der Waals surface area contributed by atoms with E-state index in [9.17, 15) is 13.2 Å². The van der Waals surface area contributed by atoms with Crippen molar-refractivity contribution in [3.63, 3.8) is 0 Å². The molecule has 0 spiro atoms. The first-order valence-electron chi connectivity index (χ1n) is 5.49. The highest BCUT2D eigenvalue weighted by molar-refractivity contribution is 5.80. The molecular weight excluding hydrogens is 235 g/mol. The third-order valence-electron chi connectivity index (χ3n) is 2.46. The monoisotopic (exact) mass is 255 g/mol. The molecule has 102 valence electrons. The van der Waals surface area contributed by atoms with E-state index in [0.29, 0.717) is 13.0 Å². The van der Waals surface area contributed by atoms with Gasteiger partial charge in [-0.05, 0) is 32.9 Å². The number of nitrogens with one attached hydrogen (secondary N) is 1. The summed E-state index contributed by atoms with van der Waals surface area (Å²) in [4.78, 5) is 1.51. The van der Waals surface area contributed by atoms with Crippen LogP contribution >= 0.6 is 0 Å². The Kier molecular flexibility index (Phi) is 7.13. The highest BCUT2D eigenvalue weighted by Gasteiger charge is 2.42. The van der Waals surface area contributed by atoms with E-state index >= 15 is 0 Å². The van der Waals surface area contributed by atoms with Gasteiger partial charge < -0.3 is 15.7 Å². The summed E-state index contributed by atoms with van der Waals surface area (Å²) < 4.78 is 37.5. The van der Waals surface area contributed by atoms with Gasteiger partial charge in [-0.25, -0.2) is 0 Å². The second-order valence-corrected chi connectivity index (χ2v) is 4.10. The minimum atomic E-state index is -4.47. The highest BCUT2D eigenvalue weighted by Crippen LogP contribution is 2.26. The van der Waals surface area contributed by atoms with Crippen LogP contribution in [0.25, 0.3) is 0 Å². The molecule has 0 aliphatic carbocycles. The van der Waals surface area contributed by atoms with Gasteiger partial charge in [0, 0.05) is 13.2 Å². The number of halogens is 3. The standard InChI is InChI=1S/C10H20F3N3O/c1-16(5-3-2-4-6-17)7-8(9(14)15)10(11,12)13/h8,17H,2-7H2,1H3,(H3,14,15). The van der Waals surface area contributed by atoms with Crippen molar-refractivity contribution in [1.29, 1.82) is 5.41 Å². The number of amidine groups is 1. The Morgan fingerprint density at radius 1 is 1.35 bits per heavy atom. The van der Waals surface area contributed by atoms with Crippen LogP contribution in [0.3, 0.4) is 0 Å². The first-order valence-corrected chi connectivity index (χ1v) is 5.49. The van der Waals surface area contributed by atoms with Gasteiger partial charge in [-0.1, -0.05) is 0 Å². The molecule has 0 radical (unpaired) electrons. The number of alkyl halides is 3. The number of hydrogen-bond acceptors (Lipinski definition) is 3. The summed E-state index contributed by atoms with van der Waals surface area (Å²) >= 11 is 0. The molecule has 0 amide bonds. The summed E-state index contributed by atoms with van der Waals surface area (Å²) in [6.45, 7) is 0.306. The third kappa shape index (κ3) is 7.17. The van der Waals surface area contributed by atoms with Crippen LogP contribution in [-0.2, 0) is 0 Å². The molecule has 0 heterocycles. The van der Waals surface area contributed by atoms with Crippen LogP contribution in [0.1, 0.15) is 19.3 Å². The van der Waals surface area contributed by atoms with Crippen molar-refractivity contribution in [3.05, 3.63) is 0 Å². The van der Waals surface area contributed by atoms with Crippen LogP contribution in [0.5, 0.6) is 0 Å². The summed E-state index contributed by atoms with van der Waals surface area (Å²) in [5.74, 6) is -2.75. The summed E-state index contributed by atoms with van der Waals surface area (Å²) in [7, 11) is 1.57. The van der Waals surface area contributed by atoms with Crippen LogP contribution in [0.15, 0.2) is 0 Å². The van der Waals surface area contributed by atoms with Gasteiger partial charge in [-0.15, -0.1) is 0 Å². The molecule has 0 aromatic rings. The van der Waals surface area contributed by atoms with Gasteiger partial charge in [-0.2, -0.15) is 13.2 Å². The summed E-state index contributed by atoms with van der Waals surface area (Å²) in [5.41, 5.74) is 4.95. The van der Waals surface area contributed by atoms with Crippen LogP contribution < -0.4 is 5.73 Å². The molecule has 0 aliphatic rings. The molecule has 0 aromatic carbocycles. The average Bonchev–Trinajstić information content (AvgIpc) is 2.19. The van der Waals surface area contributed by atoms with E-state index in [1.807, 2.05) is 0 Å². The Hall–Kier alpha value is -0.820. The van der Waals surface area contributed by atoms with Gasteiger partial charge in [0.25, 0.3) is 0 Å². The lowest BCUT2D eigenvalue weighted by atomic mass is 10.1. The van der Waals surface area contributed by atoms with Crippen molar-refractivity contribution in [3.8, 4) is 0 Å². The Morgan fingerprint density at radius 2 is 1.94 bits per heavy atom. The van der Waals surface area contributed by atoms with E-state index in [-0.39, 0.29) is 13.2 Å². The zero-order valence-corrected chi connectivity index (χ0v) is 9.93. The molecule has 0 fully saturated rings. The van der Waals surface area contributed by atoms with E-state index < -0.39 is 17.9 Å². The van der Waals surface area contributed by atoms with Crippen molar-refractivity contribution < 1.29 is 18.3 Å². The van der Waals surface area contributed by atoms with Crippen molar-refractivity contribution in [2.24, 2.45) is 11.7 Å². The van der Waals surface area contributed by atoms with Crippen LogP contribution in [0, 0.1) is 11.3 Å². The third-order valence-corrected chi connectivity index (χ3v) is 2.46. The van der Waals surface area contributed by atoms with Crippen molar-refractivity contribution in [2.45, 2.75) is 25.4 Å². The zero-order chi connectivity index (χ0) is 13.5. The topological polar surface area (TPSA) is 73.3 Å². The fourth-order valence-corrected chi connectivity index (χ4v) is 1.45. The molecule has 4 nitrogen and oxygen atoms in total. The van der Waals surface area contributed by atoms with E-state index in [4.69, 9.17) is 16.2 Å². The normalized spacial score (nSPS) is 14.0. The first-order chi connectivity index (χ1) is 7.79. The Balaban J connectivity index is 4.05. The molecule has 0 bridgehead atoms. The molecule has 0 rings (SSSR count). The minimum absolute atomic E-state index is 0.0995. The number of aliphatic hydroxyl groups is 1. The lowest BCUT2D eigenvalue weighted by molar-refractivity contribution is -0.159. The lowest BCUT2D eigenvalue weighted by Crippen LogP contribution is -2.43. The van der Waals surface area contributed by atoms with Crippen LogP contribution in [0.2, 0.25) is 0 Å². The minimum Gasteiger partial charge on any atom is -0.396 e. The quantitative estimate of drug-likeness (QED) is 0.346. The number of hydrogen-bond donors (Lipinski definition) is 3. The van der Waals surface area contributed by atoms with Crippen LogP contribution in [0.4, 0.5) is 13.2 Å². The van der Waals surface area contributed by atoms with Gasteiger partial charge in [0.15, 0.2) is 0 Å². The van der Waals surface area contributed by atoms with Crippen LogP contribution in [-0.4, -0.2) is 48.8 Å². The summed E-state index contributed by atoms with van der Waals surface area (Å²) in [6.07, 6.45) is -2.31. The van der Waals surface area contributed by atoms with Crippen molar-refractivity contribution in [1.82, 2.24) is 4.90 Å². The van der Waals surface area contributed by atoms with Crippen molar-refractivity contribution in [2.75, 3.05) is 26.7 Å². The molecule has 0 saturated heterocycles. The van der Waals surface area contributed by atoms with Gasteiger partial charge >= 0.3 is 6.18 Å². The maximum atomic E-state index is 12.5. The largest absolute Gasteiger partial charge is 0.399 e. The molecule has 0 aliphatic heterocycles. The molecular formula is C10H20F3N3O. The first kappa shape index (κ1) is 16.2. The highest BCUT2D eigenvalue weighted by atomic mass is 19.4. The number of unbranched alkanes of at least 4 members (excludes halogenated alkanes) is 2. The number of rotatable bonds is 8. The van der Waals surface area contributed by atoms with Gasteiger partial charge in [-0.3, -0.25) is 5.41 Å². The Morgan fingerprint density at radius 3 is 2.35 bits per heavy atom. The van der Waals surface area contributed by atoms with E-state index in [1.165, 1.54) is 4.90 Å². The van der Waals surface area contributed by atoms with E-state index in [2.05, 4.69) is 0 Å². The fraction of sp³-hybridized carbons (Fsp3) is 0.900. The summed E-state index contributed by atoms with van der Waals surface area (Å²) in [6, 6.07) is 0. The predicted octanol–water partition coefficient (Wildman–Crippen LogP) is 1.20. The van der Waals surface area contributed by atoms with Gasteiger partial charge in [0.1, 0.15) is 11.8 Å². The summed E-state index contributed by atoms with van der Waals surface area (Å²) in [5, 5.41) is 15.5. The zero-order valence-electron chi connectivity index (χ0n) is 9.93. The molecule has 7 heteroatoms. The fourth-order valence-electron chi connectivity index (χ4n) is 1.45. The van der Waals surface area contributed by atoms with E-state index in [1.54, 1.807) is 7.05 Å². The van der Waals surface area contributed by atoms with Crippen molar-refractivity contribution >= 4 is 5.84 Å². The van der Waals surface area contributed by atoms with Gasteiger partial charge in [0.05, 0.1) is 0 Å². The maximum Gasteiger partial charge on any atom is 0.399 e. The second-order valence-electron chi connectivity index (χ2n) is 4.10. The molecule has 0 aromatic heterocycles. The maximum absolute atomic E-state index is 12.5. The Bertz CT molecular complexity index is 233. The number of nitrogens with two attached hydrogens (primary N) is 1. The smallest absolute Gasteiger partial charge is 0.396 e. The second kappa shape index (κ2) is 7.50. The molecule has 0 saturated carbocycles.